The molecule has 0 aromatic heterocycles. The summed E-state index contributed by atoms with van der Waals surface area (Å²) in [5.41, 5.74) is -3.88. The fourth-order valence-corrected chi connectivity index (χ4v) is 4.06. The summed E-state index contributed by atoms with van der Waals surface area (Å²) in [5, 5.41) is 10.8. The number of hydrogen-bond acceptors (Lipinski definition) is 4. The van der Waals surface area contributed by atoms with Crippen LogP contribution in [0.4, 0.5) is 17.6 Å². The van der Waals surface area contributed by atoms with Gasteiger partial charge in [-0.25, -0.2) is 4.39 Å². The van der Waals surface area contributed by atoms with Crippen molar-refractivity contribution in [1.82, 2.24) is 4.90 Å². The molecule has 1 heterocycles. The molecule has 0 bridgehead atoms. The Hall–Kier alpha value is -1.38. The highest BCUT2D eigenvalue weighted by Crippen LogP contribution is 2.44. The first-order valence-electron chi connectivity index (χ1n) is 9.28. The Morgan fingerprint density at radius 3 is 2.25 bits per heavy atom. The fourth-order valence-electron chi connectivity index (χ4n) is 4.06. The molecule has 1 aliphatic heterocycles. The Balaban J connectivity index is 2.34. The molecule has 0 spiro atoms. The summed E-state index contributed by atoms with van der Waals surface area (Å²) in [4.78, 5) is 1.57. The third kappa shape index (κ3) is 5.15. The van der Waals surface area contributed by atoms with Crippen molar-refractivity contribution < 1.29 is 32.1 Å². The molecule has 1 N–H and O–H groups in total. The Labute approximate surface area is 163 Å². The Bertz CT molecular complexity index is 670. The first kappa shape index (κ1) is 22.9. The van der Waals surface area contributed by atoms with Gasteiger partial charge in [0.2, 0.25) is 0 Å². The van der Waals surface area contributed by atoms with E-state index in [1.54, 1.807) is 32.6 Å². The van der Waals surface area contributed by atoms with Gasteiger partial charge in [-0.1, -0.05) is 13.8 Å². The smallest absolute Gasteiger partial charge is 0.418 e. The molecule has 28 heavy (non-hydrogen) atoms. The van der Waals surface area contributed by atoms with E-state index in [1.807, 2.05) is 0 Å². The molecule has 1 aromatic carbocycles. The number of benzene rings is 1. The van der Waals surface area contributed by atoms with Crippen molar-refractivity contribution in [2.24, 2.45) is 0 Å². The van der Waals surface area contributed by atoms with E-state index in [1.165, 1.54) is 19.2 Å². The van der Waals surface area contributed by atoms with Crippen molar-refractivity contribution in [2.75, 3.05) is 26.7 Å². The van der Waals surface area contributed by atoms with Crippen LogP contribution in [-0.2, 0) is 10.2 Å². The maximum atomic E-state index is 13.9. The lowest BCUT2D eigenvalue weighted by Gasteiger charge is -2.43. The molecule has 160 valence electrons. The lowest BCUT2D eigenvalue weighted by atomic mass is 9.74. The Morgan fingerprint density at radius 2 is 1.75 bits per heavy atom. The molecule has 1 unspecified atom stereocenters. The summed E-state index contributed by atoms with van der Waals surface area (Å²) >= 11 is 0. The number of methoxy groups -OCH3 is 1. The van der Waals surface area contributed by atoms with E-state index in [4.69, 9.17) is 9.47 Å². The largest absolute Gasteiger partial charge is 0.496 e. The van der Waals surface area contributed by atoms with Gasteiger partial charge < -0.3 is 14.6 Å². The van der Waals surface area contributed by atoms with Crippen LogP contribution < -0.4 is 4.74 Å². The lowest BCUT2D eigenvalue weighted by molar-refractivity contribution is -0.274. The molecule has 0 amide bonds. The monoisotopic (exact) mass is 407 g/mol. The topological polar surface area (TPSA) is 41.9 Å². The summed E-state index contributed by atoms with van der Waals surface area (Å²) in [6.07, 6.45) is -5.94. The van der Waals surface area contributed by atoms with Gasteiger partial charge in [0.05, 0.1) is 19.3 Å². The van der Waals surface area contributed by atoms with Crippen molar-refractivity contribution >= 4 is 0 Å². The second-order valence-electron chi connectivity index (χ2n) is 8.39. The lowest BCUT2D eigenvalue weighted by Crippen LogP contribution is -2.59. The van der Waals surface area contributed by atoms with Crippen LogP contribution in [0.15, 0.2) is 18.2 Å². The summed E-state index contributed by atoms with van der Waals surface area (Å²) in [6, 6.07) is 3.73. The summed E-state index contributed by atoms with van der Waals surface area (Å²) in [6.45, 7) is 6.69. The van der Waals surface area contributed by atoms with Gasteiger partial charge in [0, 0.05) is 25.2 Å². The first-order chi connectivity index (χ1) is 12.8. The highest BCUT2D eigenvalue weighted by atomic mass is 19.4. The third-order valence-electron chi connectivity index (χ3n) is 5.13. The minimum atomic E-state index is -4.85. The molecule has 8 heteroatoms. The normalized spacial score (nSPS) is 24.1. The minimum Gasteiger partial charge on any atom is -0.496 e. The van der Waals surface area contributed by atoms with Crippen molar-refractivity contribution in [3.05, 3.63) is 29.6 Å². The molecule has 0 aliphatic carbocycles. The van der Waals surface area contributed by atoms with Crippen molar-refractivity contribution in [3.63, 3.8) is 0 Å². The Morgan fingerprint density at radius 1 is 1.18 bits per heavy atom. The predicted molar refractivity (Wildman–Crippen MR) is 98.0 cm³/mol. The minimum absolute atomic E-state index is 0.224. The van der Waals surface area contributed by atoms with Gasteiger partial charge in [-0.15, -0.1) is 0 Å². The van der Waals surface area contributed by atoms with E-state index < -0.39 is 36.0 Å². The van der Waals surface area contributed by atoms with Crippen LogP contribution in [0.3, 0.4) is 0 Å². The second kappa shape index (κ2) is 8.16. The predicted octanol–water partition coefficient (Wildman–Crippen LogP) is 3.90. The van der Waals surface area contributed by atoms with E-state index in [-0.39, 0.29) is 23.5 Å². The van der Waals surface area contributed by atoms with E-state index in [9.17, 15) is 22.7 Å². The van der Waals surface area contributed by atoms with Gasteiger partial charge in [0.15, 0.2) is 5.60 Å². The van der Waals surface area contributed by atoms with Gasteiger partial charge >= 0.3 is 6.18 Å². The van der Waals surface area contributed by atoms with Crippen LogP contribution in [0.1, 0.15) is 39.7 Å². The molecule has 1 fully saturated rings. The molecule has 1 aliphatic rings. The number of morpholine rings is 1. The summed E-state index contributed by atoms with van der Waals surface area (Å²) < 4.78 is 66.4. The van der Waals surface area contributed by atoms with Crippen LogP contribution in [0.25, 0.3) is 0 Å². The fraction of sp³-hybridized carbons (Fsp3) is 0.700. The van der Waals surface area contributed by atoms with Crippen LogP contribution in [0.2, 0.25) is 0 Å². The molecular weight excluding hydrogens is 378 g/mol. The average molecular weight is 407 g/mol. The summed E-state index contributed by atoms with van der Waals surface area (Å²) in [5.74, 6) is -0.292. The molecule has 4 nitrogen and oxygen atoms in total. The van der Waals surface area contributed by atoms with Crippen LogP contribution in [0, 0.1) is 5.82 Å². The molecule has 1 aromatic rings. The van der Waals surface area contributed by atoms with E-state index in [2.05, 4.69) is 0 Å². The number of halogens is 4. The van der Waals surface area contributed by atoms with Crippen molar-refractivity contribution in [2.45, 2.75) is 63.5 Å². The van der Waals surface area contributed by atoms with Gasteiger partial charge in [-0.2, -0.15) is 13.2 Å². The van der Waals surface area contributed by atoms with Gasteiger partial charge in [-0.3, -0.25) is 4.90 Å². The number of alkyl halides is 3. The molecule has 0 saturated carbocycles. The molecule has 0 radical (unpaired) electrons. The van der Waals surface area contributed by atoms with Crippen molar-refractivity contribution in [3.8, 4) is 5.75 Å². The highest BCUT2D eigenvalue weighted by molar-refractivity contribution is 5.39. The third-order valence-corrected chi connectivity index (χ3v) is 5.13. The van der Waals surface area contributed by atoms with Gasteiger partial charge in [0.25, 0.3) is 0 Å². The zero-order chi connectivity index (χ0) is 21.3. The number of rotatable bonds is 6. The van der Waals surface area contributed by atoms with Crippen LogP contribution in [-0.4, -0.2) is 60.7 Å². The van der Waals surface area contributed by atoms with Crippen LogP contribution >= 0.6 is 0 Å². The first-order valence-corrected chi connectivity index (χ1v) is 9.28. The van der Waals surface area contributed by atoms with Gasteiger partial charge in [0.1, 0.15) is 11.6 Å². The second-order valence-corrected chi connectivity index (χ2v) is 8.39. The van der Waals surface area contributed by atoms with E-state index in [0.717, 1.165) is 6.07 Å². The molecular formula is C20H29F4NO3. The number of hydrogen-bond donors (Lipinski definition) is 1. The van der Waals surface area contributed by atoms with E-state index in [0.29, 0.717) is 13.1 Å². The average Bonchev–Trinajstić information content (AvgIpc) is 2.52. The van der Waals surface area contributed by atoms with Crippen LogP contribution in [0.5, 0.6) is 5.75 Å². The molecule has 3 atom stereocenters. The zero-order valence-corrected chi connectivity index (χ0v) is 16.9. The number of aliphatic hydroxyl groups is 1. The standard InChI is InChI=1S/C20H29F4NO3/c1-13-9-25(10-14(2)28-13)12-19(26,20(22,23)24)11-18(3,4)16-8-15(21)6-7-17(16)27-5/h6-8,13-14,26H,9-12H2,1-5H3/t13-,14+,19?. The maximum absolute atomic E-state index is 13.9. The number of β-amino-alcohol motifs (C(OH)–C–C–N with tert-alkyl or cyclic N) is 1. The zero-order valence-electron chi connectivity index (χ0n) is 16.9. The molecule has 2 rings (SSSR count). The van der Waals surface area contributed by atoms with Crippen molar-refractivity contribution in [1.29, 1.82) is 0 Å². The number of nitrogens with zero attached hydrogens (tertiary/aromatic N) is 1. The number of ether oxygens (including phenoxy) is 2. The van der Waals surface area contributed by atoms with Gasteiger partial charge in [-0.05, 0) is 43.9 Å². The maximum Gasteiger partial charge on any atom is 0.418 e. The highest BCUT2D eigenvalue weighted by Gasteiger charge is 2.57. The quantitative estimate of drug-likeness (QED) is 0.727. The SMILES string of the molecule is COc1ccc(F)cc1C(C)(C)CC(O)(CN1C[C@@H](C)O[C@@H](C)C1)C(F)(F)F. The Kier molecular flexibility index (Phi) is 6.68. The summed E-state index contributed by atoms with van der Waals surface area (Å²) in [7, 11) is 1.37. The van der Waals surface area contributed by atoms with E-state index >= 15 is 0 Å². The molecule has 1 saturated heterocycles.